The largest absolute Gasteiger partial charge is 0.372 e. The average molecular weight is 390 g/mol. The molecule has 0 amide bonds. The fraction of sp³-hybridized carbons (Fsp3) is 0.208. The minimum absolute atomic E-state index is 0.768. The standard InChI is InChI=1S/C24H27N3S/c1-3-26(4-2)22-16-14-21(15-17-22)10-8-18-25-27(20-24-13-9-19-28-24)23-11-6-5-7-12-23/h5-19H,3-4,20H2,1-2H3. The first-order chi connectivity index (χ1) is 13.8. The molecule has 0 saturated carbocycles. The molecule has 0 fully saturated rings. The van der Waals surface area contributed by atoms with E-state index >= 15 is 0 Å². The van der Waals surface area contributed by atoms with Crippen molar-refractivity contribution in [2.75, 3.05) is 23.0 Å². The molecule has 0 aliphatic heterocycles. The third-order valence-electron chi connectivity index (χ3n) is 4.54. The van der Waals surface area contributed by atoms with Crippen molar-refractivity contribution in [3.63, 3.8) is 0 Å². The maximum absolute atomic E-state index is 4.68. The molecule has 4 heteroatoms. The zero-order valence-corrected chi connectivity index (χ0v) is 17.3. The zero-order chi connectivity index (χ0) is 19.6. The Kier molecular flexibility index (Phi) is 7.44. The average Bonchev–Trinajstić information content (AvgIpc) is 3.26. The number of anilines is 2. The van der Waals surface area contributed by atoms with Crippen LogP contribution in [0.1, 0.15) is 24.3 Å². The number of rotatable bonds is 9. The first-order valence-corrected chi connectivity index (χ1v) is 10.6. The molecule has 0 spiro atoms. The maximum Gasteiger partial charge on any atom is 0.0759 e. The minimum atomic E-state index is 0.768. The van der Waals surface area contributed by atoms with Gasteiger partial charge in [-0.25, -0.2) is 0 Å². The van der Waals surface area contributed by atoms with Crippen molar-refractivity contribution in [1.29, 1.82) is 0 Å². The summed E-state index contributed by atoms with van der Waals surface area (Å²) in [4.78, 5) is 3.63. The summed E-state index contributed by atoms with van der Waals surface area (Å²) in [6, 6.07) is 23.2. The van der Waals surface area contributed by atoms with Crippen molar-refractivity contribution in [3.8, 4) is 0 Å². The number of benzene rings is 2. The second kappa shape index (κ2) is 10.5. The summed E-state index contributed by atoms with van der Waals surface area (Å²) < 4.78 is 0. The van der Waals surface area contributed by atoms with Gasteiger partial charge in [0.25, 0.3) is 0 Å². The molecule has 144 valence electrons. The summed E-state index contributed by atoms with van der Waals surface area (Å²) in [5.74, 6) is 0. The van der Waals surface area contributed by atoms with Gasteiger partial charge in [0.2, 0.25) is 0 Å². The van der Waals surface area contributed by atoms with Crippen LogP contribution < -0.4 is 9.91 Å². The highest BCUT2D eigenvalue weighted by Crippen LogP contribution is 2.20. The normalized spacial score (nSPS) is 11.4. The van der Waals surface area contributed by atoms with Crippen LogP contribution in [0.15, 0.2) is 83.3 Å². The Bertz CT molecular complexity index is 864. The van der Waals surface area contributed by atoms with Crippen LogP contribution in [-0.2, 0) is 6.54 Å². The van der Waals surface area contributed by atoms with Crippen LogP contribution in [0.5, 0.6) is 0 Å². The summed E-state index contributed by atoms with van der Waals surface area (Å²) in [7, 11) is 0. The fourth-order valence-corrected chi connectivity index (χ4v) is 3.69. The van der Waals surface area contributed by atoms with Crippen molar-refractivity contribution in [1.82, 2.24) is 0 Å². The fourth-order valence-electron chi connectivity index (χ4n) is 3.01. The molecule has 2 aromatic carbocycles. The van der Waals surface area contributed by atoms with E-state index in [-0.39, 0.29) is 0 Å². The highest BCUT2D eigenvalue weighted by Gasteiger charge is 2.05. The molecule has 0 N–H and O–H groups in total. The quantitative estimate of drug-likeness (QED) is 0.316. The topological polar surface area (TPSA) is 18.8 Å². The Morgan fingerprint density at radius 1 is 0.857 bits per heavy atom. The van der Waals surface area contributed by atoms with Gasteiger partial charge in [0, 0.05) is 29.9 Å². The van der Waals surface area contributed by atoms with Crippen LogP contribution in [-0.4, -0.2) is 19.3 Å². The summed E-state index contributed by atoms with van der Waals surface area (Å²) in [6.07, 6.45) is 5.94. The molecule has 3 aromatic rings. The minimum Gasteiger partial charge on any atom is -0.372 e. The predicted octanol–water partition coefficient (Wildman–Crippen LogP) is 6.30. The van der Waals surface area contributed by atoms with Gasteiger partial charge in [0.1, 0.15) is 0 Å². The Morgan fingerprint density at radius 3 is 2.25 bits per heavy atom. The van der Waals surface area contributed by atoms with Gasteiger partial charge in [0.15, 0.2) is 0 Å². The zero-order valence-electron chi connectivity index (χ0n) is 16.5. The summed E-state index contributed by atoms with van der Waals surface area (Å²) in [6.45, 7) is 7.19. The lowest BCUT2D eigenvalue weighted by Crippen LogP contribution is -2.21. The molecule has 0 saturated heterocycles. The van der Waals surface area contributed by atoms with E-state index in [9.17, 15) is 0 Å². The van der Waals surface area contributed by atoms with Crippen LogP contribution in [0.4, 0.5) is 11.4 Å². The number of thiophene rings is 1. The number of hydrogen-bond acceptors (Lipinski definition) is 4. The van der Waals surface area contributed by atoms with Gasteiger partial charge in [-0.2, -0.15) is 5.10 Å². The lowest BCUT2D eigenvalue weighted by atomic mass is 10.2. The van der Waals surface area contributed by atoms with Gasteiger partial charge >= 0.3 is 0 Å². The first kappa shape index (κ1) is 19.9. The van der Waals surface area contributed by atoms with Crippen LogP contribution in [0.2, 0.25) is 0 Å². The molecule has 0 bridgehead atoms. The van der Waals surface area contributed by atoms with Crippen LogP contribution in [0, 0.1) is 0 Å². The third kappa shape index (κ3) is 5.57. The lowest BCUT2D eigenvalue weighted by molar-refractivity contribution is 0.866. The van der Waals surface area contributed by atoms with Crippen molar-refractivity contribution in [3.05, 3.63) is 88.6 Å². The molecule has 28 heavy (non-hydrogen) atoms. The van der Waals surface area contributed by atoms with E-state index in [1.807, 2.05) is 35.5 Å². The van der Waals surface area contributed by atoms with Crippen molar-refractivity contribution >= 4 is 35.0 Å². The third-order valence-corrected chi connectivity index (χ3v) is 5.40. The van der Waals surface area contributed by atoms with Crippen molar-refractivity contribution < 1.29 is 0 Å². The maximum atomic E-state index is 4.68. The highest BCUT2D eigenvalue weighted by atomic mass is 32.1. The van der Waals surface area contributed by atoms with E-state index in [4.69, 9.17) is 0 Å². The van der Waals surface area contributed by atoms with Crippen LogP contribution in [0.3, 0.4) is 0 Å². The molecule has 0 aliphatic rings. The van der Waals surface area contributed by atoms with E-state index < -0.39 is 0 Å². The number of hydrazone groups is 1. The second-order valence-electron chi connectivity index (χ2n) is 6.36. The summed E-state index contributed by atoms with van der Waals surface area (Å²) in [5.41, 5.74) is 3.53. The Labute approximate surface area is 172 Å². The van der Waals surface area contributed by atoms with Crippen LogP contribution >= 0.6 is 11.3 Å². The van der Waals surface area contributed by atoms with Gasteiger partial charge in [-0.1, -0.05) is 42.5 Å². The van der Waals surface area contributed by atoms with Gasteiger partial charge in [-0.05, 0) is 61.2 Å². The van der Waals surface area contributed by atoms with Gasteiger partial charge in [0.05, 0.1) is 12.2 Å². The van der Waals surface area contributed by atoms with E-state index in [1.165, 1.54) is 16.1 Å². The predicted molar refractivity (Wildman–Crippen MR) is 124 cm³/mol. The molecule has 0 unspecified atom stereocenters. The number of para-hydroxylation sites is 1. The van der Waals surface area contributed by atoms with E-state index in [1.54, 1.807) is 11.3 Å². The molecule has 3 nitrogen and oxygen atoms in total. The highest BCUT2D eigenvalue weighted by molar-refractivity contribution is 7.09. The summed E-state index contributed by atoms with van der Waals surface area (Å²) >= 11 is 1.75. The van der Waals surface area contributed by atoms with Crippen LogP contribution in [0.25, 0.3) is 6.08 Å². The molecule has 0 aliphatic carbocycles. The number of allylic oxidation sites excluding steroid dienone is 1. The van der Waals surface area contributed by atoms with Gasteiger partial charge in [-0.15, -0.1) is 11.3 Å². The molecule has 1 heterocycles. The second-order valence-corrected chi connectivity index (χ2v) is 7.39. The molecular weight excluding hydrogens is 362 g/mol. The first-order valence-electron chi connectivity index (χ1n) is 9.70. The monoisotopic (exact) mass is 389 g/mol. The van der Waals surface area contributed by atoms with Crippen molar-refractivity contribution in [2.24, 2.45) is 5.10 Å². The number of hydrogen-bond donors (Lipinski definition) is 0. The van der Waals surface area contributed by atoms with E-state index in [2.05, 4.69) is 83.8 Å². The molecular formula is C24H27N3S. The van der Waals surface area contributed by atoms with Crippen molar-refractivity contribution in [2.45, 2.75) is 20.4 Å². The Hall–Kier alpha value is -2.85. The number of nitrogens with zero attached hydrogens (tertiary/aromatic N) is 3. The molecule has 0 radical (unpaired) electrons. The summed E-state index contributed by atoms with van der Waals surface area (Å²) in [5, 5.41) is 8.80. The van der Waals surface area contributed by atoms with Gasteiger partial charge in [-0.3, -0.25) is 5.01 Å². The van der Waals surface area contributed by atoms with E-state index in [0.29, 0.717) is 0 Å². The Balaban J connectivity index is 1.67. The molecule has 0 atom stereocenters. The molecule has 1 aromatic heterocycles. The lowest BCUT2D eigenvalue weighted by Gasteiger charge is -2.20. The van der Waals surface area contributed by atoms with E-state index in [0.717, 1.165) is 25.3 Å². The van der Waals surface area contributed by atoms with Gasteiger partial charge < -0.3 is 4.90 Å². The molecule has 3 rings (SSSR count). The SMILES string of the molecule is CCN(CC)c1ccc(C=CC=NN(Cc2cccs2)c2ccccc2)cc1. The smallest absolute Gasteiger partial charge is 0.0759 e. The Morgan fingerprint density at radius 2 is 1.61 bits per heavy atom.